The number of hydrogen-bond donors (Lipinski definition) is 1. The molecule has 0 radical (unpaired) electrons. The number of piperazine rings is 1. The molecule has 1 amide bonds. The van der Waals surface area contributed by atoms with Crippen molar-refractivity contribution in [3.63, 3.8) is 0 Å². The van der Waals surface area contributed by atoms with Crippen molar-refractivity contribution in [1.29, 1.82) is 0 Å². The van der Waals surface area contributed by atoms with Gasteiger partial charge in [-0.1, -0.05) is 0 Å². The van der Waals surface area contributed by atoms with Crippen molar-refractivity contribution in [3.05, 3.63) is 54.4 Å². The third-order valence-electron chi connectivity index (χ3n) is 4.66. The number of carbonyl (C=O) groups is 2. The van der Waals surface area contributed by atoms with Crippen molar-refractivity contribution in [2.75, 3.05) is 37.6 Å². The summed E-state index contributed by atoms with van der Waals surface area (Å²) >= 11 is 0. The van der Waals surface area contributed by atoms with Gasteiger partial charge in [0.25, 0.3) is 5.91 Å². The topological polar surface area (TPSA) is 88.8 Å². The number of ketones is 1. The highest BCUT2D eigenvalue weighted by molar-refractivity contribution is 5.97. The third-order valence-corrected chi connectivity index (χ3v) is 4.66. The minimum absolute atomic E-state index is 0.0712. The molecule has 1 aromatic heterocycles. The minimum atomic E-state index is -0.705. The Morgan fingerprint density at radius 1 is 1.07 bits per heavy atom. The van der Waals surface area contributed by atoms with Gasteiger partial charge in [0, 0.05) is 49.8 Å². The van der Waals surface area contributed by atoms with E-state index in [9.17, 15) is 9.59 Å². The molecule has 1 aromatic carbocycles. The van der Waals surface area contributed by atoms with Gasteiger partial charge in [-0.2, -0.15) is 0 Å². The van der Waals surface area contributed by atoms with Crippen LogP contribution in [0, 0.1) is 0 Å². The van der Waals surface area contributed by atoms with E-state index in [1.165, 1.54) is 0 Å². The maximum absolute atomic E-state index is 12.5. The van der Waals surface area contributed by atoms with Crippen LogP contribution in [0.5, 0.6) is 5.75 Å². The Kier molecular flexibility index (Phi) is 6.03. The maximum Gasteiger partial charge on any atom is 0.258 e. The van der Waals surface area contributed by atoms with Gasteiger partial charge in [-0.05, 0) is 43.3 Å². The molecule has 7 heteroatoms. The Hall–Kier alpha value is -2.93. The molecule has 1 aliphatic heterocycles. The molecule has 0 saturated carbocycles. The number of primary amides is 1. The normalized spacial score (nSPS) is 16.0. The van der Waals surface area contributed by atoms with Crippen LogP contribution in [-0.4, -0.2) is 60.4 Å². The molecule has 2 aromatic rings. The molecule has 2 heterocycles. The van der Waals surface area contributed by atoms with E-state index in [0.29, 0.717) is 17.9 Å². The fourth-order valence-electron chi connectivity index (χ4n) is 3.00. The largest absolute Gasteiger partial charge is 0.481 e. The van der Waals surface area contributed by atoms with Crippen molar-refractivity contribution < 1.29 is 14.3 Å². The smallest absolute Gasteiger partial charge is 0.258 e. The van der Waals surface area contributed by atoms with E-state index < -0.39 is 12.0 Å². The second-order valence-corrected chi connectivity index (χ2v) is 6.58. The first-order valence-electron chi connectivity index (χ1n) is 8.99. The summed E-state index contributed by atoms with van der Waals surface area (Å²) < 4.78 is 5.41. The van der Waals surface area contributed by atoms with Crippen LogP contribution >= 0.6 is 0 Å². The second-order valence-electron chi connectivity index (χ2n) is 6.58. The molecule has 1 saturated heterocycles. The van der Waals surface area contributed by atoms with Gasteiger partial charge < -0.3 is 15.4 Å². The fourth-order valence-corrected chi connectivity index (χ4v) is 3.00. The molecule has 0 aliphatic carbocycles. The van der Waals surface area contributed by atoms with Crippen molar-refractivity contribution in [2.24, 2.45) is 5.73 Å². The molecular formula is C20H24N4O3. The van der Waals surface area contributed by atoms with Crippen LogP contribution in [0.4, 0.5) is 5.69 Å². The molecule has 1 fully saturated rings. The number of Topliss-reactive ketones (excluding diaryl/α,β-unsaturated/α-hetero) is 1. The number of aromatic nitrogens is 1. The van der Waals surface area contributed by atoms with Gasteiger partial charge in [-0.25, -0.2) is 0 Å². The number of hydrogen-bond acceptors (Lipinski definition) is 6. The molecule has 3 rings (SSSR count). The molecule has 0 spiro atoms. The molecule has 1 aliphatic rings. The quantitative estimate of drug-likeness (QED) is 0.742. The molecular weight excluding hydrogens is 344 g/mol. The number of benzene rings is 1. The summed E-state index contributed by atoms with van der Waals surface area (Å²) in [7, 11) is 0. The third kappa shape index (κ3) is 5.04. The highest BCUT2D eigenvalue weighted by Gasteiger charge is 2.20. The Morgan fingerprint density at radius 2 is 1.70 bits per heavy atom. The van der Waals surface area contributed by atoms with E-state index in [1.54, 1.807) is 43.6 Å². The summed E-state index contributed by atoms with van der Waals surface area (Å²) in [5.41, 5.74) is 6.98. The standard InChI is InChI=1S/C20H24N4O3/c1-15(20(21)26)27-18-4-2-16(3-5-18)19(25)14-23-10-12-24(13-11-23)17-6-8-22-9-7-17/h2-9,15H,10-14H2,1H3,(H2,21,26). The molecule has 0 bridgehead atoms. The summed E-state index contributed by atoms with van der Waals surface area (Å²) in [5, 5.41) is 0. The van der Waals surface area contributed by atoms with E-state index in [4.69, 9.17) is 10.5 Å². The average Bonchev–Trinajstić information content (AvgIpc) is 2.69. The van der Waals surface area contributed by atoms with Crippen molar-refractivity contribution in [2.45, 2.75) is 13.0 Å². The van der Waals surface area contributed by atoms with Crippen LogP contribution in [0.15, 0.2) is 48.8 Å². The molecule has 2 N–H and O–H groups in total. The first-order valence-corrected chi connectivity index (χ1v) is 8.99. The number of carbonyl (C=O) groups excluding carboxylic acids is 2. The lowest BCUT2D eigenvalue weighted by Gasteiger charge is -2.35. The van der Waals surface area contributed by atoms with Gasteiger partial charge in [-0.15, -0.1) is 0 Å². The van der Waals surface area contributed by atoms with E-state index in [-0.39, 0.29) is 5.78 Å². The predicted molar refractivity (Wildman–Crippen MR) is 103 cm³/mol. The van der Waals surface area contributed by atoms with Crippen molar-refractivity contribution in [3.8, 4) is 5.75 Å². The number of anilines is 1. The summed E-state index contributed by atoms with van der Waals surface area (Å²) in [6.45, 7) is 5.43. The number of nitrogens with zero attached hydrogens (tertiary/aromatic N) is 3. The summed E-state index contributed by atoms with van der Waals surface area (Å²) in [4.78, 5) is 32.1. The Morgan fingerprint density at radius 3 is 2.30 bits per heavy atom. The van der Waals surface area contributed by atoms with E-state index in [0.717, 1.165) is 31.9 Å². The number of ether oxygens (including phenoxy) is 1. The molecule has 27 heavy (non-hydrogen) atoms. The average molecular weight is 368 g/mol. The molecule has 1 unspecified atom stereocenters. The van der Waals surface area contributed by atoms with Crippen LogP contribution in [0.25, 0.3) is 0 Å². The van der Waals surface area contributed by atoms with E-state index in [2.05, 4.69) is 14.8 Å². The van der Waals surface area contributed by atoms with Crippen LogP contribution in [0.3, 0.4) is 0 Å². The lowest BCUT2D eigenvalue weighted by molar-refractivity contribution is -0.123. The number of rotatable bonds is 7. The van der Waals surface area contributed by atoms with Gasteiger partial charge in [-0.3, -0.25) is 19.5 Å². The van der Waals surface area contributed by atoms with Gasteiger partial charge in [0.15, 0.2) is 11.9 Å². The minimum Gasteiger partial charge on any atom is -0.481 e. The Labute approximate surface area is 158 Å². The summed E-state index contributed by atoms with van der Waals surface area (Å²) in [6, 6.07) is 10.8. The zero-order valence-corrected chi connectivity index (χ0v) is 15.4. The Balaban J connectivity index is 1.50. The zero-order valence-electron chi connectivity index (χ0n) is 15.4. The second kappa shape index (κ2) is 8.64. The molecule has 7 nitrogen and oxygen atoms in total. The highest BCUT2D eigenvalue weighted by atomic mass is 16.5. The maximum atomic E-state index is 12.5. The summed E-state index contributed by atoms with van der Waals surface area (Å²) in [5.74, 6) is 0.0618. The SMILES string of the molecule is CC(Oc1ccc(C(=O)CN2CCN(c3ccncc3)CC2)cc1)C(N)=O. The van der Waals surface area contributed by atoms with Crippen molar-refractivity contribution >= 4 is 17.4 Å². The van der Waals surface area contributed by atoms with Crippen LogP contribution < -0.4 is 15.4 Å². The van der Waals surface area contributed by atoms with Gasteiger partial charge >= 0.3 is 0 Å². The predicted octanol–water partition coefficient (Wildman–Crippen LogP) is 1.34. The zero-order chi connectivity index (χ0) is 19.2. The fraction of sp³-hybridized carbons (Fsp3) is 0.350. The van der Waals surface area contributed by atoms with Gasteiger partial charge in [0.05, 0.1) is 6.54 Å². The van der Waals surface area contributed by atoms with Crippen molar-refractivity contribution in [1.82, 2.24) is 9.88 Å². The monoisotopic (exact) mass is 368 g/mol. The van der Waals surface area contributed by atoms with Gasteiger partial charge in [0.2, 0.25) is 0 Å². The van der Waals surface area contributed by atoms with E-state index >= 15 is 0 Å². The van der Waals surface area contributed by atoms with E-state index in [1.807, 2.05) is 12.1 Å². The first-order chi connectivity index (χ1) is 13.0. The van der Waals surface area contributed by atoms with Crippen LogP contribution in [0.2, 0.25) is 0 Å². The first kappa shape index (κ1) is 18.8. The number of pyridine rings is 1. The summed E-state index contributed by atoms with van der Waals surface area (Å²) in [6.07, 6.45) is 2.88. The lowest BCUT2D eigenvalue weighted by Crippen LogP contribution is -2.48. The lowest BCUT2D eigenvalue weighted by atomic mass is 10.1. The van der Waals surface area contributed by atoms with Gasteiger partial charge in [0.1, 0.15) is 5.75 Å². The molecule has 1 atom stereocenters. The number of nitrogens with two attached hydrogens (primary N) is 1. The Bertz CT molecular complexity index is 772. The van der Waals surface area contributed by atoms with Crippen LogP contribution in [0.1, 0.15) is 17.3 Å². The highest BCUT2D eigenvalue weighted by Crippen LogP contribution is 2.17. The molecule has 142 valence electrons. The number of amides is 1. The van der Waals surface area contributed by atoms with Crippen LogP contribution in [-0.2, 0) is 4.79 Å².